The highest BCUT2D eigenvalue weighted by Crippen LogP contribution is 2.66. The van der Waals surface area contributed by atoms with Crippen molar-refractivity contribution in [3.8, 4) is 0 Å². The molecular weight excluding hydrogens is 545 g/mol. The molecule has 1 aliphatic rings. The Kier molecular flexibility index (Phi) is 10.8. The van der Waals surface area contributed by atoms with Gasteiger partial charge in [-0.25, -0.2) is 0 Å². The van der Waals surface area contributed by atoms with Gasteiger partial charge < -0.3 is 19.1 Å². The van der Waals surface area contributed by atoms with Gasteiger partial charge in [-0.05, 0) is 33.4 Å². The minimum absolute atomic E-state index is 0.0764. The Balaban J connectivity index is 2.37. The molecule has 0 radical (unpaired) electrons. The van der Waals surface area contributed by atoms with Crippen molar-refractivity contribution < 1.29 is 28.1 Å². The minimum Gasteiger partial charge on any atom is -0.466 e. The summed E-state index contributed by atoms with van der Waals surface area (Å²) in [6.07, 6.45) is 2.85. The fraction of sp³-hybridized carbons (Fsp3) is 0.367. The van der Waals surface area contributed by atoms with Crippen molar-refractivity contribution in [2.75, 3.05) is 26.9 Å². The highest BCUT2D eigenvalue weighted by Gasteiger charge is 2.57. The molecule has 3 unspecified atom stereocenters. The molecule has 0 fully saturated rings. The van der Waals surface area contributed by atoms with E-state index in [0.717, 1.165) is 5.56 Å². The van der Waals surface area contributed by atoms with E-state index in [1.54, 1.807) is 32.0 Å². The standard InChI is InChI=1S/C30H38N3O7P/c1-7-19-39-41(37,40-20-8-2)28-22(4)31-30(5,32(6)21-23-15-11-10-12-16-23)27(29(34)38-9-3)26(28)24-17-13-14-18-25(24)33(35)36/h7-8,10-18,26-27,31H,1-2,9,19-21H2,3-6H3. The van der Waals surface area contributed by atoms with E-state index in [-0.39, 0.29) is 36.4 Å². The molecule has 3 atom stereocenters. The molecule has 2 aromatic rings. The van der Waals surface area contributed by atoms with E-state index in [4.69, 9.17) is 13.8 Å². The predicted octanol–water partition coefficient (Wildman–Crippen LogP) is 6.14. The third-order valence-corrected chi connectivity index (χ3v) is 9.32. The van der Waals surface area contributed by atoms with Crippen LogP contribution < -0.4 is 5.32 Å². The van der Waals surface area contributed by atoms with Gasteiger partial charge in [0.15, 0.2) is 0 Å². The van der Waals surface area contributed by atoms with Gasteiger partial charge in [0.1, 0.15) is 11.6 Å². The number of nitrogens with zero attached hydrogens (tertiary/aromatic N) is 2. The van der Waals surface area contributed by atoms with Gasteiger partial charge in [-0.1, -0.05) is 60.7 Å². The van der Waals surface area contributed by atoms with Crippen LogP contribution in [0.3, 0.4) is 0 Å². The van der Waals surface area contributed by atoms with Crippen molar-refractivity contribution in [2.45, 2.75) is 38.9 Å². The number of nitro groups is 1. The summed E-state index contributed by atoms with van der Waals surface area (Å²) >= 11 is 0. The topological polar surface area (TPSA) is 120 Å². The molecule has 0 aliphatic carbocycles. The molecule has 0 aromatic heterocycles. The fourth-order valence-corrected chi connectivity index (χ4v) is 7.34. The predicted molar refractivity (Wildman–Crippen MR) is 158 cm³/mol. The van der Waals surface area contributed by atoms with Gasteiger partial charge in [-0.15, -0.1) is 13.2 Å². The van der Waals surface area contributed by atoms with Crippen LogP contribution in [0.1, 0.15) is 37.8 Å². The first-order valence-corrected chi connectivity index (χ1v) is 14.8. The molecule has 2 aromatic carbocycles. The van der Waals surface area contributed by atoms with E-state index in [2.05, 4.69) is 18.5 Å². The Labute approximate surface area is 241 Å². The molecular formula is C30H38N3O7P. The number of ether oxygens (including phenoxy) is 1. The van der Waals surface area contributed by atoms with Crippen LogP contribution in [0, 0.1) is 16.0 Å². The lowest BCUT2D eigenvalue weighted by Crippen LogP contribution is -2.65. The molecule has 1 N–H and O–H groups in total. The fourth-order valence-electron chi connectivity index (χ4n) is 5.29. The summed E-state index contributed by atoms with van der Waals surface area (Å²) in [5, 5.41) is 15.8. The summed E-state index contributed by atoms with van der Waals surface area (Å²) < 4.78 is 31.8. The molecule has 41 heavy (non-hydrogen) atoms. The van der Waals surface area contributed by atoms with Crippen LogP contribution in [0.25, 0.3) is 0 Å². The van der Waals surface area contributed by atoms with Gasteiger partial charge in [0, 0.05) is 29.8 Å². The molecule has 1 heterocycles. The largest absolute Gasteiger partial charge is 0.466 e. The maximum Gasteiger partial charge on any atom is 0.360 e. The second kappa shape index (κ2) is 13.9. The Morgan fingerprint density at radius 2 is 1.71 bits per heavy atom. The van der Waals surface area contributed by atoms with Crippen molar-refractivity contribution >= 4 is 19.3 Å². The van der Waals surface area contributed by atoms with Crippen molar-refractivity contribution in [1.82, 2.24) is 10.2 Å². The lowest BCUT2D eigenvalue weighted by molar-refractivity contribution is -0.385. The summed E-state index contributed by atoms with van der Waals surface area (Å²) in [5.74, 6) is -2.83. The van der Waals surface area contributed by atoms with Gasteiger partial charge in [-0.3, -0.25) is 24.4 Å². The molecule has 10 nitrogen and oxygen atoms in total. The van der Waals surface area contributed by atoms with Crippen LogP contribution >= 0.6 is 7.60 Å². The average Bonchev–Trinajstić information content (AvgIpc) is 2.95. The Bertz CT molecular complexity index is 1330. The van der Waals surface area contributed by atoms with E-state index in [0.29, 0.717) is 12.2 Å². The Morgan fingerprint density at radius 1 is 1.12 bits per heavy atom. The molecule has 0 saturated heterocycles. The van der Waals surface area contributed by atoms with Crippen LogP contribution in [0.2, 0.25) is 0 Å². The third kappa shape index (κ3) is 6.85. The van der Waals surface area contributed by atoms with E-state index in [1.165, 1.54) is 18.2 Å². The summed E-state index contributed by atoms with van der Waals surface area (Å²) in [6.45, 7) is 12.8. The number of carbonyl (C=O) groups is 1. The van der Waals surface area contributed by atoms with Crippen LogP contribution in [0.4, 0.5) is 5.69 Å². The van der Waals surface area contributed by atoms with Crippen molar-refractivity contribution in [3.05, 3.63) is 112 Å². The minimum atomic E-state index is -4.18. The number of carbonyl (C=O) groups excluding carboxylic acids is 1. The molecule has 3 rings (SSSR count). The number of nitrogens with one attached hydrogen (secondary N) is 1. The SMILES string of the molecule is C=CCOP(=O)(OCC=C)C1=C(C)NC(C)(N(C)Cc2ccccc2)C(C(=O)OCC)C1c1ccccc1[N+](=O)[O-]. The number of nitro benzene ring substituents is 1. The van der Waals surface area contributed by atoms with E-state index >= 15 is 0 Å². The van der Waals surface area contributed by atoms with Gasteiger partial charge in [0.2, 0.25) is 0 Å². The first-order valence-electron chi connectivity index (χ1n) is 13.3. The van der Waals surface area contributed by atoms with Gasteiger partial charge in [0.05, 0.1) is 30.1 Å². The van der Waals surface area contributed by atoms with Crippen LogP contribution in [-0.2, 0) is 29.7 Å². The van der Waals surface area contributed by atoms with Crippen molar-refractivity contribution in [2.24, 2.45) is 5.92 Å². The average molecular weight is 584 g/mol. The maximum absolute atomic E-state index is 14.6. The molecule has 0 bridgehead atoms. The van der Waals surface area contributed by atoms with Crippen LogP contribution in [-0.4, -0.2) is 48.3 Å². The number of allylic oxidation sites excluding steroid dienone is 2. The van der Waals surface area contributed by atoms with Crippen LogP contribution in [0.15, 0.2) is 90.9 Å². The van der Waals surface area contributed by atoms with Gasteiger partial charge in [0.25, 0.3) is 5.69 Å². The maximum atomic E-state index is 14.6. The Hall–Kier alpha value is -3.56. The number of hydrogen-bond donors (Lipinski definition) is 1. The number of esters is 1. The number of rotatable bonds is 14. The first-order chi connectivity index (χ1) is 19.5. The van der Waals surface area contributed by atoms with E-state index in [1.807, 2.05) is 49.2 Å². The third-order valence-electron chi connectivity index (χ3n) is 7.14. The smallest absolute Gasteiger partial charge is 0.360 e. The van der Waals surface area contributed by atoms with Crippen LogP contribution in [0.5, 0.6) is 0 Å². The van der Waals surface area contributed by atoms with E-state index < -0.39 is 36.0 Å². The summed E-state index contributed by atoms with van der Waals surface area (Å²) in [5.41, 5.74) is 0.213. The Morgan fingerprint density at radius 3 is 2.27 bits per heavy atom. The monoisotopic (exact) mass is 583 g/mol. The zero-order valence-electron chi connectivity index (χ0n) is 23.9. The molecule has 0 spiro atoms. The molecule has 1 aliphatic heterocycles. The zero-order valence-corrected chi connectivity index (χ0v) is 24.8. The van der Waals surface area contributed by atoms with Crippen molar-refractivity contribution in [3.63, 3.8) is 0 Å². The number of para-hydroxylation sites is 1. The van der Waals surface area contributed by atoms with Gasteiger partial charge in [-0.2, -0.15) is 0 Å². The lowest BCUT2D eigenvalue weighted by Gasteiger charge is -2.51. The number of benzene rings is 2. The normalized spacial score (nSPS) is 20.8. The summed E-state index contributed by atoms with van der Waals surface area (Å²) in [4.78, 5) is 27.7. The molecule has 0 saturated carbocycles. The second-order valence-corrected chi connectivity index (χ2v) is 11.8. The molecule has 0 amide bonds. The molecule has 220 valence electrons. The second-order valence-electron chi connectivity index (χ2n) is 9.81. The lowest BCUT2D eigenvalue weighted by atomic mass is 9.73. The number of hydrogen-bond acceptors (Lipinski definition) is 9. The molecule has 11 heteroatoms. The first kappa shape index (κ1) is 32.0. The highest BCUT2D eigenvalue weighted by atomic mass is 31.2. The van der Waals surface area contributed by atoms with Gasteiger partial charge >= 0.3 is 13.6 Å². The summed E-state index contributed by atoms with van der Waals surface area (Å²) in [6, 6.07) is 15.8. The van der Waals surface area contributed by atoms with Crippen molar-refractivity contribution in [1.29, 1.82) is 0 Å². The quantitative estimate of drug-likeness (QED) is 0.0919. The van der Waals surface area contributed by atoms with E-state index in [9.17, 15) is 19.5 Å². The zero-order chi connectivity index (χ0) is 30.2. The highest BCUT2D eigenvalue weighted by molar-refractivity contribution is 7.58. The summed E-state index contributed by atoms with van der Waals surface area (Å²) in [7, 11) is -2.33.